The normalized spacial score (nSPS) is 14.4. The highest BCUT2D eigenvalue weighted by Gasteiger charge is 2.30. The molecule has 6 N–H and O–H groups in total. The first-order chi connectivity index (χ1) is 10.5. The van der Waals surface area contributed by atoms with Crippen LogP contribution < -0.4 is 11.5 Å². The third-order valence-corrected chi connectivity index (χ3v) is 3.60. The van der Waals surface area contributed by atoms with Crippen LogP contribution in [0.25, 0.3) is 0 Å². The van der Waals surface area contributed by atoms with E-state index in [1.54, 1.807) is 24.3 Å². The smallest absolute Gasteiger partial charge is 0.508 e. The molecule has 0 fully saturated rings. The Morgan fingerprint density at radius 3 is 1.64 bits per heavy atom. The van der Waals surface area contributed by atoms with E-state index >= 15 is 0 Å². The van der Waals surface area contributed by atoms with Gasteiger partial charge in [0.2, 0.25) is 0 Å². The quantitative estimate of drug-likeness (QED) is 0.474. The topological polar surface area (TPSA) is 128 Å². The summed E-state index contributed by atoms with van der Waals surface area (Å²) in [6.45, 7) is 0. The van der Waals surface area contributed by atoms with Gasteiger partial charge in [-0.25, -0.2) is 0 Å². The molecule has 0 aliphatic heterocycles. The molecule has 2 unspecified atom stereocenters. The van der Waals surface area contributed by atoms with Gasteiger partial charge in [-0.3, -0.25) is 11.5 Å². The van der Waals surface area contributed by atoms with Gasteiger partial charge in [0.15, 0.2) is 12.5 Å². The van der Waals surface area contributed by atoms with Crippen molar-refractivity contribution in [2.24, 2.45) is 11.5 Å². The van der Waals surface area contributed by atoms with Crippen LogP contribution in [0.15, 0.2) is 48.5 Å². The molecule has 0 radical (unpaired) electrons. The third kappa shape index (κ3) is 4.49. The number of nitrogens with two attached hydrogens (primary N) is 2. The Labute approximate surface area is 128 Å². The largest absolute Gasteiger partial charge is 0.701 e. The van der Waals surface area contributed by atoms with Gasteiger partial charge < -0.3 is 10.2 Å². The van der Waals surface area contributed by atoms with E-state index in [4.69, 9.17) is 20.5 Å². The molecule has 2 aromatic rings. The molecule has 0 aromatic heterocycles. The molecule has 8 heteroatoms. The molecule has 0 heterocycles. The zero-order valence-corrected chi connectivity index (χ0v) is 12.4. The number of hydrogen-bond acceptors (Lipinski definition) is 7. The second kappa shape index (κ2) is 7.31. The van der Waals surface area contributed by atoms with E-state index in [2.05, 4.69) is 0 Å². The first-order valence-corrected chi connectivity index (χ1v) is 7.45. The molecule has 0 spiro atoms. The van der Waals surface area contributed by atoms with Crippen LogP contribution in [0.1, 0.15) is 23.6 Å². The van der Waals surface area contributed by atoms with Crippen LogP contribution in [-0.2, 0) is 13.6 Å². The summed E-state index contributed by atoms with van der Waals surface area (Å²) in [5.74, 6) is 0.0355. The minimum absolute atomic E-state index is 0.0177. The second-order valence-corrected chi connectivity index (χ2v) is 5.33. The minimum atomic E-state index is -2.59. The molecule has 7 nitrogen and oxygen atoms in total. The van der Waals surface area contributed by atoms with Gasteiger partial charge in [0.05, 0.1) is 0 Å². The van der Waals surface area contributed by atoms with Gasteiger partial charge in [0.25, 0.3) is 0 Å². The molecule has 22 heavy (non-hydrogen) atoms. The van der Waals surface area contributed by atoms with Crippen molar-refractivity contribution in [3.05, 3.63) is 59.7 Å². The molecular formula is C14H16N2O5P+. The molecule has 0 bridgehead atoms. The van der Waals surface area contributed by atoms with Gasteiger partial charge in [-0.15, -0.1) is 0 Å². The summed E-state index contributed by atoms with van der Waals surface area (Å²) in [6.07, 6.45) is -2.07. The predicted molar refractivity (Wildman–Crippen MR) is 79.8 cm³/mol. The highest BCUT2D eigenvalue weighted by atomic mass is 31.1. The van der Waals surface area contributed by atoms with E-state index in [-0.39, 0.29) is 11.5 Å². The van der Waals surface area contributed by atoms with Crippen molar-refractivity contribution in [1.82, 2.24) is 0 Å². The SMILES string of the molecule is NC(O[P+](=O)OC(N)c1cccc(O)c1)c1cccc(O)c1. The number of hydrogen-bond donors (Lipinski definition) is 4. The Morgan fingerprint density at radius 1 is 0.864 bits per heavy atom. The van der Waals surface area contributed by atoms with Crippen molar-refractivity contribution >= 4 is 8.25 Å². The fourth-order valence-electron chi connectivity index (χ4n) is 1.74. The fourth-order valence-corrected chi connectivity index (χ4v) is 2.40. The molecule has 0 saturated heterocycles. The molecule has 2 rings (SSSR count). The van der Waals surface area contributed by atoms with Gasteiger partial charge in [-0.1, -0.05) is 33.3 Å². The van der Waals surface area contributed by atoms with Crippen LogP contribution in [0, 0.1) is 0 Å². The Bertz CT molecular complexity index is 612. The Kier molecular flexibility index (Phi) is 5.43. The van der Waals surface area contributed by atoms with Crippen LogP contribution in [0.3, 0.4) is 0 Å². The predicted octanol–water partition coefficient (Wildman–Crippen LogP) is 2.40. The maximum absolute atomic E-state index is 11.8. The lowest BCUT2D eigenvalue weighted by atomic mass is 10.2. The van der Waals surface area contributed by atoms with Crippen LogP contribution in [0.4, 0.5) is 0 Å². The number of rotatable bonds is 6. The summed E-state index contributed by atoms with van der Waals surface area (Å²) in [7, 11) is -2.59. The van der Waals surface area contributed by atoms with Crippen LogP contribution >= 0.6 is 8.25 Å². The maximum atomic E-state index is 11.8. The summed E-state index contributed by atoms with van der Waals surface area (Å²) in [5.41, 5.74) is 12.3. The average Bonchev–Trinajstić information content (AvgIpc) is 2.47. The molecule has 116 valence electrons. The molecule has 2 atom stereocenters. The summed E-state index contributed by atoms with van der Waals surface area (Å²) in [4.78, 5) is 0. The monoisotopic (exact) mass is 323 g/mol. The molecule has 0 amide bonds. The van der Waals surface area contributed by atoms with Crippen molar-refractivity contribution in [2.75, 3.05) is 0 Å². The summed E-state index contributed by atoms with van der Waals surface area (Å²) in [6, 6.07) is 12.1. The molecular weight excluding hydrogens is 307 g/mol. The summed E-state index contributed by atoms with van der Waals surface area (Å²) >= 11 is 0. The van der Waals surface area contributed by atoms with Crippen LogP contribution in [0.2, 0.25) is 0 Å². The molecule has 0 saturated carbocycles. The fraction of sp³-hybridized carbons (Fsp3) is 0.143. The highest BCUT2D eigenvalue weighted by Crippen LogP contribution is 2.35. The number of phenols is 2. The summed E-state index contributed by atoms with van der Waals surface area (Å²) < 4.78 is 21.8. The van der Waals surface area contributed by atoms with Gasteiger partial charge in [0, 0.05) is 15.7 Å². The van der Waals surface area contributed by atoms with E-state index in [1.807, 2.05) is 0 Å². The number of aromatic hydroxyl groups is 2. The van der Waals surface area contributed by atoms with Gasteiger partial charge in [-0.05, 0) is 24.3 Å². The van der Waals surface area contributed by atoms with Crippen LogP contribution in [0.5, 0.6) is 11.5 Å². The van der Waals surface area contributed by atoms with Crippen molar-refractivity contribution in [1.29, 1.82) is 0 Å². The Hall–Kier alpha value is -2.02. The maximum Gasteiger partial charge on any atom is 0.701 e. The minimum Gasteiger partial charge on any atom is -0.508 e. The van der Waals surface area contributed by atoms with E-state index in [9.17, 15) is 14.8 Å². The molecule has 0 aliphatic carbocycles. The number of benzene rings is 2. The van der Waals surface area contributed by atoms with Gasteiger partial charge in [-0.2, -0.15) is 0 Å². The van der Waals surface area contributed by atoms with E-state index in [0.717, 1.165) is 0 Å². The van der Waals surface area contributed by atoms with E-state index < -0.39 is 20.7 Å². The molecule has 0 aliphatic rings. The third-order valence-electron chi connectivity index (χ3n) is 2.80. The zero-order valence-electron chi connectivity index (χ0n) is 11.5. The van der Waals surface area contributed by atoms with Crippen LogP contribution in [-0.4, -0.2) is 10.2 Å². The first-order valence-electron chi connectivity index (χ1n) is 6.35. The standard InChI is InChI=1S/C14H15N2O5P/c15-13(9-3-1-5-11(17)7-9)20-22(19)21-14(16)10-4-2-6-12(18)8-10/h1-8,13-14H,15-16H2,(H-,17,18)/p+1. The van der Waals surface area contributed by atoms with E-state index in [0.29, 0.717) is 11.1 Å². The lowest BCUT2D eigenvalue weighted by Crippen LogP contribution is -2.14. The Morgan fingerprint density at radius 2 is 1.27 bits per heavy atom. The summed E-state index contributed by atoms with van der Waals surface area (Å²) in [5, 5.41) is 18.7. The zero-order chi connectivity index (χ0) is 16.1. The first kappa shape index (κ1) is 16.4. The van der Waals surface area contributed by atoms with Crippen molar-refractivity contribution in [3.63, 3.8) is 0 Å². The van der Waals surface area contributed by atoms with Crippen molar-refractivity contribution in [2.45, 2.75) is 12.5 Å². The van der Waals surface area contributed by atoms with Crippen molar-refractivity contribution in [3.8, 4) is 11.5 Å². The Balaban J connectivity index is 1.95. The van der Waals surface area contributed by atoms with Gasteiger partial charge >= 0.3 is 8.25 Å². The lowest BCUT2D eigenvalue weighted by molar-refractivity contribution is 0.135. The average molecular weight is 323 g/mol. The van der Waals surface area contributed by atoms with Gasteiger partial charge in [0.1, 0.15) is 11.5 Å². The molecule has 2 aromatic carbocycles. The van der Waals surface area contributed by atoms with E-state index in [1.165, 1.54) is 24.3 Å². The van der Waals surface area contributed by atoms with Crippen molar-refractivity contribution < 1.29 is 23.8 Å². The highest BCUT2D eigenvalue weighted by molar-refractivity contribution is 7.33. The second-order valence-electron chi connectivity index (χ2n) is 4.47. The lowest BCUT2D eigenvalue weighted by Gasteiger charge is -2.08. The number of phenolic OH excluding ortho intramolecular Hbond substituents is 2.